The molecule has 3 heterocycles. The van der Waals surface area contributed by atoms with Crippen molar-refractivity contribution in [2.45, 2.75) is 18.9 Å². The van der Waals surface area contributed by atoms with E-state index in [1.54, 1.807) is 37.3 Å². The zero-order chi connectivity index (χ0) is 16.7. The third kappa shape index (κ3) is 2.11. The Morgan fingerprint density at radius 2 is 2.04 bits per heavy atom. The van der Waals surface area contributed by atoms with Gasteiger partial charge < -0.3 is 18.3 Å². The number of hydrogen-bond donors (Lipinski definition) is 0. The molecule has 0 radical (unpaired) electrons. The van der Waals surface area contributed by atoms with Crippen LogP contribution >= 0.6 is 0 Å². The average molecular weight is 326 g/mol. The summed E-state index contributed by atoms with van der Waals surface area (Å²) in [6.07, 6.45) is 0.498. The van der Waals surface area contributed by atoms with Gasteiger partial charge in [-0.05, 0) is 31.2 Å². The number of fused-ring (bicyclic) bond motifs is 3. The maximum Gasteiger partial charge on any atom is 0.348 e. The predicted octanol–water partition coefficient (Wildman–Crippen LogP) is 2.84. The van der Waals surface area contributed by atoms with Crippen LogP contribution in [0.2, 0.25) is 0 Å². The first-order chi connectivity index (χ1) is 11.7. The Labute approximate surface area is 136 Å². The molecule has 24 heavy (non-hydrogen) atoms. The van der Waals surface area contributed by atoms with Crippen LogP contribution < -0.4 is 10.4 Å². The van der Waals surface area contributed by atoms with E-state index in [2.05, 4.69) is 0 Å². The molecule has 6 nitrogen and oxygen atoms in total. The van der Waals surface area contributed by atoms with Gasteiger partial charge in [0.1, 0.15) is 23.0 Å². The van der Waals surface area contributed by atoms with E-state index in [4.69, 9.17) is 18.3 Å². The summed E-state index contributed by atoms with van der Waals surface area (Å²) in [6, 6.07) is 10.4. The van der Waals surface area contributed by atoms with Gasteiger partial charge in [-0.3, -0.25) is 0 Å². The van der Waals surface area contributed by atoms with Crippen LogP contribution in [0.1, 0.15) is 24.2 Å². The second-order valence-corrected chi connectivity index (χ2v) is 5.41. The largest absolute Gasteiger partial charge is 0.476 e. The van der Waals surface area contributed by atoms with Gasteiger partial charge in [0.2, 0.25) is 6.10 Å². The smallest absolute Gasteiger partial charge is 0.348 e. The van der Waals surface area contributed by atoms with Crippen molar-refractivity contribution in [2.24, 2.45) is 0 Å². The molecule has 0 saturated heterocycles. The number of furan rings is 1. The van der Waals surface area contributed by atoms with Crippen LogP contribution in [0.3, 0.4) is 0 Å². The van der Waals surface area contributed by atoms with Crippen molar-refractivity contribution in [1.29, 1.82) is 0 Å². The van der Waals surface area contributed by atoms with Gasteiger partial charge in [-0.1, -0.05) is 12.1 Å². The molecule has 0 N–H and O–H groups in total. The van der Waals surface area contributed by atoms with Gasteiger partial charge in [0.25, 0.3) is 0 Å². The Kier molecular flexibility index (Phi) is 3.37. The summed E-state index contributed by atoms with van der Waals surface area (Å²) in [6.45, 7) is 1.93. The maximum atomic E-state index is 12.5. The van der Waals surface area contributed by atoms with Gasteiger partial charge in [-0.2, -0.15) is 0 Å². The van der Waals surface area contributed by atoms with E-state index < -0.39 is 23.6 Å². The third-order valence-corrected chi connectivity index (χ3v) is 4.03. The fraction of sp³-hybridized carbons (Fsp3) is 0.222. The molecule has 0 amide bonds. The first-order valence-corrected chi connectivity index (χ1v) is 7.63. The van der Waals surface area contributed by atoms with Crippen LogP contribution in [0.4, 0.5) is 0 Å². The summed E-state index contributed by atoms with van der Waals surface area (Å²) < 4.78 is 21.8. The molecule has 1 aliphatic heterocycles. The second-order valence-electron chi connectivity index (χ2n) is 5.41. The van der Waals surface area contributed by atoms with Crippen molar-refractivity contribution in [1.82, 2.24) is 0 Å². The van der Waals surface area contributed by atoms with Crippen molar-refractivity contribution in [2.75, 3.05) is 6.61 Å². The van der Waals surface area contributed by atoms with Crippen molar-refractivity contribution in [3.05, 3.63) is 64.4 Å². The lowest BCUT2D eigenvalue weighted by Gasteiger charge is -2.15. The minimum atomic E-state index is -0.986. The molecule has 1 aliphatic rings. The van der Waals surface area contributed by atoms with Crippen molar-refractivity contribution >= 4 is 16.9 Å². The number of carbonyl (C=O) groups is 1. The lowest BCUT2D eigenvalue weighted by atomic mass is 9.93. The fourth-order valence-electron chi connectivity index (χ4n) is 3.05. The SMILES string of the molecule is CCOC(=O)C1Oc2c(c(=O)oc3ccccc23)C1c1ccco1. The van der Waals surface area contributed by atoms with E-state index in [9.17, 15) is 9.59 Å². The quantitative estimate of drug-likeness (QED) is 0.544. The number of hydrogen-bond acceptors (Lipinski definition) is 6. The lowest BCUT2D eigenvalue weighted by molar-refractivity contribution is -0.151. The molecule has 2 aromatic heterocycles. The number of para-hydroxylation sites is 1. The molecule has 0 aliphatic carbocycles. The Morgan fingerprint density at radius 1 is 1.21 bits per heavy atom. The molecule has 3 aromatic rings. The monoisotopic (exact) mass is 326 g/mol. The Balaban J connectivity index is 1.95. The molecule has 4 rings (SSSR count). The van der Waals surface area contributed by atoms with Gasteiger partial charge in [0.15, 0.2) is 0 Å². The number of carbonyl (C=O) groups excluding carboxylic acids is 1. The van der Waals surface area contributed by atoms with E-state index in [0.29, 0.717) is 22.5 Å². The van der Waals surface area contributed by atoms with Crippen molar-refractivity contribution < 1.29 is 23.1 Å². The fourth-order valence-corrected chi connectivity index (χ4v) is 3.05. The van der Waals surface area contributed by atoms with Gasteiger partial charge in [0, 0.05) is 0 Å². The number of rotatable bonds is 3. The summed E-state index contributed by atoms with van der Waals surface area (Å²) in [5.41, 5.74) is 0.141. The third-order valence-electron chi connectivity index (χ3n) is 4.03. The number of benzene rings is 1. The highest BCUT2D eigenvalue weighted by atomic mass is 16.6. The van der Waals surface area contributed by atoms with Crippen LogP contribution in [0, 0.1) is 0 Å². The molecule has 0 saturated carbocycles. The highest BCUT2D eigenvalue weighted by molar-refractivity contribution is 5.88. The van der Waals surface area contributed by atoms with Crippen molar-refractivity contribution in [3.63, 3.8) is 0 Å². The van der Waals surface area contributed by atoms with Gasteiger partial charge >= 0.3 is 11.6 Å². The molecule has 0 spiro atoms. The van der Waals surface area contributed by atoms with E-state index in [-0.39, 0.29) is 12.2 Å². The summed E-state index contributed by atoms with van der Waals surface area (Å²) in [7, 11) is 0. The van der Waals surface area contributed by atoms with E-state index in [0.717, 1.165) is 0 Å². The summed E-state index contributed by atoms with van der Waals surface area (Å²) in [4.78, 5) is 24.9. The minimum Gasteiger partial charge on any atom is -0.476 e. The van der Waals surface area contributed by atoms with E-state index in [1.807, 2.05) is 6.07 Å². The van der Waals surface area contributed by atoms with Gasteiger partial charge in [-0.25, -0.2) is 9.59 Å². The van der Waals surface area contributed by atoms with Crippen LogP contribution in [0.15, 0.2) is 56.3 Å². The summed E-state index contributed by atoms with van der Waals surface area (Å²) in [5, 5.41) is 0.635. The predicted molar refractivity (Wildman–Crippen MR) is 84.1 cm³/mol. The van der Waals surface area contributed by atoms with Crippen molar-refractivity contribution in [3.8, 4) is 5.75 Å². The minimum absolute atomic E-state index is 0.218. The molecule has 6 heteroatoms. The average Bonchev–Trinajstić information content (AvgIpc) is 3.22. The Bertz CT molecular complexity index is 953. The first-order valence-electron chi connectivity index (χ1n) is 7.63. The molecular formula is C18H14O6. The lowest BCUT2D eigenvalue weighted by Crippen LogP contribution is -2.32. The van der Waals surface area contributed by atoms with Crippen LogP contribution in [-0.2, 0) is 9.53 Å². The highest BCUT2D eigenvalue weighted by Crippen LogP contribution is 2.44. The Hall–Kier alpha value is -3.02. The Morgan fingerprint density at radius 3 is 2.79 bits per heavy atom. The molecule has 2 atom stereocenters. The molecule has 0 fully saturated rings. The second kappa shape index (κ2) is 5.56. The van der Waals surface area contributed by atoms with Crippen LogP contribution in [-0.4, -0.2) is 18.7 Å². The summed E-state index contributed by atoms with van der Waals surface area (Å²) in [5.74, 6) is -0.441. The zero-order valence-electron chi connectivity index (χ0n) is 12.9. The van der Waals surface area contributed by atoms with E-state index >= 15 is 0 Å². The van der Waals surface area contributed by atoms with Crippen LogP contribution in [0.5, 0.6) is 5.75 Å². The molecule has 0 bridgehead atoms. The first kappa shape index (κ1) is 14.6. The standard InChI is InChI=1S/C18H14O6/c1-2-21-18(20)16-13(12-8-5-9-22-12)14-15(24-16)10-6-3-4-7-11(10)23-17(14)19/h3-9,13,16H,2H2,1H3. The van der Waals surface area contributed by atoms with E-state index in [1.165, 1.54) is 6.26 Å². The number of ether oxygens (including phenoxy) is 2. The zero-order valence-corrected chi connectivity index (χ0v) is 12.9. The molecular weight excluding hydrogens is 312 g/mol. The molecule has 1 aromatic carbocycles. The topological polar surface area (TPSA) is 78.9 Å². The van der Waals surface area contributed by atoms with Gasteiger partial charge in [0.05, 0.1) is 23.8 Å². The normalized spacial score (nSPS) is 19.0. The summed E-state index contributed by atoms with van der Waals surface area (Å²) >= 11 is 0. The van der Waals surface area contributed by atoms with Crippen LogP contribution in [0.25, 0.3) is 11.0 Å². The highest BCUT2D eigenvalue weighted by Gasteiger charge is 2.46. The van der Waals surface area contributed by atoms with Gasteiger partial charge in [-0.15, -0.1) is 0 Å². The molecule has 122 valence electrons. The maximum absolute atomic E-state index is 12.5. The number of esters is 1. The molecule has 2 unspecified atom stereocenters.